The lowest BCUT2D eigenvalue weighted by atomic mass is 10.1. The van der Waals surface area contributed by atoms with E-state index in [-0.39, 0.29) is 5.92 Å². The molecule has 17 heavy (non-hydrogen) atoms. The van der Waals surface area contributed by atoms with Crippen LogP contribution in [0.15, 0.2) is 24.3 Å². The lowest BCUT2D eigenvalue weighted by molar-refractivity contribution is -0.120. The van der Waals surface area contributed by atoms with E-state index in [0.29, 0.717) is 5.78 Å². The van der Waals surface area contributed by atoms with E-state index >= 15 is 0 Å². The van der Waals surface area contributed by atoms with Crippen molar-refractivity contribution in [1.29, 1.82) is 0 Å². The maximum Gasteiger partial charge on any atom is 0.142 e. The summed E-state index contributed by atoms with van der Waals surface area (Å²) in [5.41, 5.74) is 1.05. The third-order valence-electron chi connectivity index (χ3n) is 3.42. The molecule has 1 aliphatic carbocycles. The Labute approximate surface area is 102 Å². The lowest BCUT2D eigenvalue weighted by Gasteiger charge is -2.24. The Morgan fingerprint density at radius 1 is 1.41 bits per heavy atom. The van der Waals surface area contributed by atoms with Crippen molar-refractivity contribution in [3.05, 3.63) is 24.3 Å². The van der Waals surface area contributed by atoms with Crippen molar-refractivity contribution in [2.24, 2.45) is 5.92 Å². The summed E-state index contributed by atoms with van der Waals surface area (Å²) in [7, 11) is 3.69. The van der Waals surface area contributed by atoms with Crippen molar-refractivity contribution in [1.82, 2.24) is 0 Å². The van der Waals surface area contributed by atoms with Gasteiger partial charge >= 0.3 is 0 Å². The summed E-state index contributed by atoms with van der Waals surface area (Å²) >= 11 is 0. The molecule has 0 aromatic heterocycles. The van der Waals surface area contributed by atoms with Gasteiger partial charge in [-0.3, -0.25) is 4.79 Å². The first-order valence-corrected chi connectivity index (χ1v) is 6.09. The number of hydrogen-bond donors (Lipinski definition) is 0. The molecule has 0 N–H and O–H groups in total. The Hall–Kier alpha value is -1.51. The Kier molecular flexibility index (Phi) is 3.67. The average Bonchev–Trinajstić information content (AvgIpc) is 2.75. The number of carbonyl (C=O) groups excluding carboxylic acids is 1. The molecule has 92 valence electrons. The van der Waals surface area contributed by atoms with Crippen LogP contribution in [-0.4, -0.2) is 26.5 Å². The van der Waals surface area contributed by atoms with Crippen LogP contribution in [0.2, 0.25) is 0 Å². The van der Waals surface area contributed by atoms with Gasteiger partial charge in [-0.15, -0.1) is 0 Å². The summed E-state index contributed by atoms with van der Waals surface area (Å²) in [6.07, 6.45) is 2.83. The molecule has 0 bridgehead atoms. The fourth-order valence-corrected chi connectivity index (χ4v) is 2.45. The topological polar surface area (TPSA) is 29.5 Å². The standard InChI is InChI=1S/C14H19NO2/c1-15(10-11-6-5-8-13(11)16)12-7-3-4-9-14(12)17-2/h3-4,7,9,11H,5-6,8,10H2,1-2H3. The van der Waals surface area contributed by atoms with Gasteiger partial charge in [-0.2, -0.15) is 0 Å². The van der Waals surface area contributed by atoms with Crippen LogP contribution >= 0.6 is 0 Å². The molecule has 0 aliphatic heterocycles. The summed E-state index contributed by atoms with van der Waals surface area (Å²) < 4.78 is 5.33. The largest absolute Gasteiger partial charge is 0.495 e. The number of ketones is 1. The van der Waals surface area contributed by atoms with E-state index < -0.39 is 0 Å². The molecule has 0 radical (unpaired) electrons. The normalized spacial score (nSPS) is 19.4. The SMILES string of the molecule is COc1ccccc1N(C)CC1CCCC1=O. The maximum absolute atomic E-state index is 11.6. The predicted octanol–water partition coefficient (Wildman–Crippen LogP) is 2.50. The van der Waals surface area contributed by atoms with Gasteiger partial charge in [0.15, 0.2) is 0 Å². The number of para-hydroxylation sites is 2. The van der Waals surface area contributed by atoms with Gasteiger partial charge in [0.2, 0.25) is 0 Å². The number of hydrogen-bond acceptors (Lipinski definition) is 3. The number of methoxy groups -OCH3 is 1. The highest BCUT2D eigenvalue weighted by Gasteiger charge is 2.26. The predicted molar refractivity (Wildman–Crippen MR) is 68.6 cm³/mol. The molecule has 1 unspecified atom stereocenters. The van der Waals surface area contributed by atoms with E-state index in [1.54, 1.807) is 7.11 Å². The molecule has 3 nitrogen and oxygen atoms in total. The van der Waals surface area contributed by atoms with E-state index in [4.69, 9.17) is 4.74 Å². The summed E-state index contributed by atoms with van der Waals surface area (Å²) in [6.45, 7) is 0.791. The van der Waals surface area contributed by atoms with Crippen LogP contribution in [0.5, 0.6) is 5.75 Å². The Morgan fingerprint density at radius 3 is 2.82 bits per heavy atom. The van der Waals surface area contributed by atoms with Gasteiger partial charge < -0.3 is 9.64 Å². The monoisotopic (exact) mass is 233 g/mol. The lowest BCUT2D eigenvalue weighted by Crippen LogP contribution is -2.27. The first-order valence-electron chi connectivity index (χ1n) is 6.09. The van der Waals surface area contributed by atoms with Crippen molar-refractivity contribution >= 4 is 11.5 Å². The van der Waals surface area contributed by atoms with Crippen LogP contribution in [-0.2, 0) is 4.79 Å². The minimum Gasteiger partial charge on any atom is -0.495 e. The molecule has 1 saturated carbocycles. The summed E-state index contributed by atoms with van der Waals surface area (Å²) in [5.74, 6) is 1.47. The maximum atomic E-state index is 11.6. The third kappa shape index (κ3) is 2.60. The summed E-state index contributed by atoms with van der Waals surface area (Å²) in [6, 6.07) is 7.92. The highest BCUT2D eigenvalue weighted by molar-refractivity contribution is 5.83. The summed E-state index contributed by atoms with van der Waals surface area (Å²) in [5, 5.41) is 0. The molecular formula is C14H19NO2. The van der Waals surface area contributed by atoms with E-state index in [0.717, 1.165) is 37.2 Å². The third-order valence-corrected chi connectivity index (χ3v) is 3.42. The first-order chi connectivity index (χ1) is 8.22. The highest BCUT2D eigenvalue weighted by atomic mass is 16.5. The molecule has 0 amide bonds. The molecule has 1 aliphatic rings. The number of Topliss-reactive ketones (excluding diaryl/α,β-unsaturated/α-hetero) is 1. The Balaban J connectivity index is 2.08. The van der Waals surface area contributed by atoms with Crippen LogP contribution in [0, 0.1) is 5.92 Å². The Morgan fingerprint density at radius 2 is 2.18 bits per heavy atom. The average molecular weight is 233 g/mol. The smallest absolute Gasteiger partial charge is 0.142 e. The van der Waals surface area contributed by atoms with E-state index in [1.807, 2.05) is 31.3 Å². The van der Waals surface area contributed by atoms with Crippen molar-refractivity contribution in [3.63, 3.8) is 0 Å². The molecule has 0 spiro atoms. The summed E-state index contributed by atoms with van der Waals surface area (Å²) in [4.78, 5) is 13.8. The number of anilines is 1. The van der Waals surface area contributed by atoms with Crippen LogP contribution in [0.25, 0.3) is 0 Å². The molecule has 2 rings (SSSR count). The van der Waals surface area contributed by atoms with Gasteiger partial charge in [0.05, 0.1) is 12.8 Å². The molecule has 1 fully saturated rings. The minimum atomic E-state index is 0.199. The van der Waals surface area contributed by atoms with Crippen molar-refractivity contribution in [2.45, 2.75) is 19.3 Å². The second-order valence-electron chi connectivity index (χ2n) is 4.61. The molecule has 1 atom stereocenters. The van der Waals surface area contributed by atoms with E-state index in [2.05, 4.69) is 4.90 Å². The van der Waals surface area contributed by atoms with Crippen LogP contribution in [0.1, 0.15) is 19.3 Å². The van der Waals surface area contributed by atoms with Crippen molar-refractivity contribution < 1.29 is 9.53 Å². The molecular weight excluding hydrogens is 214 g/mol. The minimum absolute atomic E-state index is 0.199. The van der Waals surface area contributed by atoms with Gasteiger partial charge in [0, 0.05) is 25.9 Å². The number of carbonyl (C=O) groups is 1. The molecule has 0 saturated heterocycles. The molecule has 0 heterocycles. The molecule has 1 aromatic rings. The van der Waals surface area contributed by atoms with Crippen molar-refractivity contribution in [2.75, 3.05) is 25.6 Å². The zero-order chi connectivity index (χ0) is 12.3. The zero-order valence-corrected chi connectivity index (χ0v) is 10.5. The van der Waals surface area contributed by atoms with Gasteiger partial charge in [-0.25, -0.2) is 0 Å². The number of nitrogens with zero attached hydrogens (tertiary/aromatic N) is 1. The van der Waals surface area contributed by atoms with E-state index in [9.17, 15) is 4.79 Å². The van der Waals surface area contributed by atoms with Gasteiger partial charge in [-0.05, 0) is 25.0 Å². The number of rotatable bonds is 4. The highest BCUT2D eigenvalue weighted by Crippen LogP contribution is 2.29. The Bertz CT molecular complexity index is 403. The number of ether oxygens (including phenoxy) is 1. The van der Waals surface area contributed by atoms with Crippen LogP contribution < -0.4 is 9.64 Å². The first kappa shape index (κ1) is 12.0. The second-order valence-corrected chi connectivity index (χ2v) is 4.61. The fraction of sp³-hybridized carbons (Fsp3) is 0.500. The quantitative estimate of drug-likeness (QED) is 0.800. The van der Waals surface area contributed by atoms with Gasteiger partial charge in [0.1, 0.15) is 11.5 Å². The van der Waals surface area contributed by atoms with Gasteiger partial charge in [0.25, 0.3) is 0 Å². The molecule has 1 aromatic carbocycles. The molecule has 3 heteroatoms. The number of benzene rings is 1. The van der Waals surface area contributed by atoms with E-state index in [1.165, 1.54) is 0 Å². The zero-order valence-electron chi connectivity index (χ0n) is 10.5. The fourth-order valence-electron chi connectivity index (χ4n) is 2.45. The second kappa shape index (κ2) is 5.21. The van der Waals surface area contributed by atoms with Crippen LogP contribution in [0.4, 0.5) is 5.69 Å². The van der Waals surface area contributed by atoms with Gasteiger partial charge in [-0.1, -0.05) is 12.1 Å². The van der Waals surface area contributed by atoms with Crippen LogP contribution in [0.3, 0.4) is 0 Å². The van der Waals surface area contributed by atoms with Crippen molar-refractivity contribution in [3.8, 4) is 5.75 Å².